The van der Waals surface area contributed by atoms with Crippen LogP contribution < -0.4 is 5.32 Å². The molecule has 3 saturated carbocycles. The standard InChI is InChI=1S/C28H38N2O2/c1-18-7-5-6-8-19(18)17-29-26(32)23-11-10-21-20-9-12-24-28(3,16-14-25(31)30(24)4)22(20)13-15-27(21,23)2/h5-8,14,16,20-24H,9-13,15,17H2,1-4H3,(H,29,32)/t20-,21-,22-,23+,24+,27-,28+/m0/s1. The van der Waals surface area contributed by atoms with Crippen LogP contribution in [-0.2, 0) is 16.1 Å². The molecule has 32 heavy (non-hydrogen) atoms. The van der Waals surface area contributed by atoms with Gasteiger partial charge in [0, 0.05) is 31.0 Å². The highest BCUT2D eigenvalue weighted by molar-refractivity contribution is 5.89. The fourth-order valence-electron chi connectivity index (χ4n) is 8.28. The summed E-state index contributed by atoms with van der Waals surface area (Å²) in [4.78, 5) is 27.6. The lowest BCUT2D eigenvalue weighted by atomic mass is 9.47. The van der Waals surface area contributed by atoms with E-state index in [9.17, 15) is 9.59 Å². The number of likely N-dealkylation sites (N-methyl/N-ethyl adjacent to an activating group) is 1. The molecule has 4 heteroatoms. The number of hydrogen-bond donors (Lipinski definition) is 1. The van der Waals surface area contributed by atoms with E-state index in [1.807, 2.05) is 30.2 Å². The normalized spacial score (nSPS) is 40.4. The third-order valence-electron chi connectivity index (χ3n) is 10.2. The zero-order valence-electron chi connectivity index (χ0n) is 20.1. The van der Waals surface area contributed by atoms with Gasteiger partial charge in [0.15, 0.2) is 0 Å². The van der Waals surface area contributed by atoms with E-state index in [1.165, 1.54) is 30.4 Å². The highest BCUT2D eigenvalue weighted by atomic mass is 16.2. The Morgan fingerprint density at radius 3 is 2.66 bits per heavy atom. The molecule has 1 heterocycles. The van der Waals surface area contributed by atoms with Crippen molar-refractivity contribution in [2.24, 2.45) is 34.5 Å². The SMILES string of the molecule is Cc1ccccc1CNC(=O)[C@H]1CC[C@H]2[C@@H]3CC[C@H]4N(C)C(=O)C=C[C@]4(C)[C@H]3CC[C@]12C. The van der Waals surface area contributed by atoms with Crippen molar-refractivity contribution in [1.29, 1.82) is 0 Å². The van der Waals surface area contributed by atoms with Crippen molar-refractivity contribution in [2.75, 3.05) is 7.05 Å². The molecular weight excluding hydrogens is 396 g/mol. The van der Waals surface area contributed by atoms with Crippen LogP contribution in [0.5, 0.6) is 0 Å². The topological polar surface area (TPSA) is 49.4 Å². The molecule has 0 spiro atoms. The van der Waals surface area contributed by atoms with Crippen molar-refractivity contribution in [3.05, 3.63) is 47.5 Å². The van der Waals surface area contributed by atoms with Gasteiger partial charge in [-0.1, -0.05) is 44.2 Å². The summed E-state index contributed by atoms with van der Waals surface area (Å²) >= 11 is 0. The first-order valence-corrected chi connectivity index (χ1v) is 12.5. The predicted molar refractivity (Wildman–Crippen MR) is 127 cm³/mol. The summed E-state index contributed by atoms with van der Waals surface area (Å²) in [6.45, 7) is 7.52. The fraction of sp³-hybridized carbons (Fsp3) is 0.643. The van der Waals surface area contributed by atoms with Crippen molar-refractivity contribution in [3.8, 4) is 0 Å². The number of hydrogen-bond acceptors (Lipinski definition) is 2. The largest absolute Gasteiger partial charge is 0.352 e. The Balaban J connectivity index is 1.33. The summed E-state index contributed by atoms with van der Waals surface area (Å²) in [5, 5.41) is 3.28. The van der Waals surface area contributed by atoms with E-state index < -0.39 is 0 Å². The van der Waals surface area contributed by atoms with Crippen LogP contribution in [0, 0.1) is 41.4 Å². The van der Waals surface area contributed by atoms with Gasteiger partial charge in [0.1, 0.15) is 0 Å². The molecule has 3 fully saturated rings. The quantitative estimate of drug-likeness (QED) is 0.738. The number of benzene rings is 1. The number of carbonyl (C=O) groups is 2. The molecule has 5 rings (SSSR count). The van der Waals surface area contributed by atoms with Gasteiger partial charge >= 0.3 is 0 Å². The second kappa shape index (κ2) is 7.74. The maximum atomic E-state index is 13.4. The van der Waals surface area contributed by atoms with Crippen molar-refractivity contribution in [3.63, 3.8) is 0 Å². The van der Waals surface area contributed by atoms with Gasteiger partial charge in [-0.05, 0) is 85.8 Å². The number of fused-ring (bicyclic) bond motifs is 5. The number of nitrogens with zero attached hydrogens (tertiary/aromatic N) is 1. The van der Waals surface area contributed by atoms with Gasteiger partial charge in [0.25, 0.3) is 0 Å². The van der Waals surface area contributed by atoms with Crippen LogP contribution in [0.2, 0.25) is 0 Å². The Labute approximate surface area is 192 Å². The molecule has 0 unspecified atom stereocenters. The van der Waals surface area contributed by atoms with Crippen LogP contribution in [0.3, 0.4) is 0 Å². The zero-order chi connectivity index (χ0) is 22.7. The first-order chi connectivity index (χ1) is 15.3. The van der Waals surface area contributed by atoms with E-state index >= 15 is 0 Å². The Kier molecular flexibility index (Phi) is 5.26. The summed E-state index contributed by atoms with van der Waals surface area (Å²) < 4.78 is 0. The maximum Gasteiger partial charge on any atom is 0.246 e. The van der Waals surface area contributed by atoms with E-state index in [0.717, 1.165) is 19.3 Å². The molecule has 3 aliphatic carbocycles. The summed E-state index contributed by atoms with van der Waals surface area (Å²) in [5.41, 5.74) is 2.61. The number of rotatable bonds is 3. The van der Waals surface area contributed by atoms with Crippen molar-refractivity contribution < 1.29 is 9.59 Å². The van der Waals surface area contributed by atoms with Gasteiger partial charge in [0.05, 0.1) is 0 Å². The Morgan fingerprint density at radius 2 is 1.88 bits per heavy atom. The maximum absolute atomic E-state index is 13.4. The second-order valence-electron chi connectivity index (χ2n) is 11.4. The molecule has 4 aliphatic rings. The van der Waals surface area contributed by atoms with Crippen molar-refractivity contribution in [2.45, 2.75) is 71.9 Å². The average molecular weight is 435 g/mol. The first kappa shape index (κ1) is 21.7. The highest BCUT2D eigenvalue weighted by Crippen LogP contribution is 2.65. The summed E-state index contributed by atoms with van der Waals surface area (Å²) in [5.74, 6) is 2.41. The lowest BCUT2D eigenvalue weighted by Gasteiger charge is -2.60. The van der Waals surface area contributed by atoms with Crippen LogP contribution in [-0.4, -0.2) is 29.8 Å². The van der Waals surface area contributed by atoms with E-state index in [-0.39, 0.29) is 28.6 Å². The lowest BCUT2D eigenvalue weighted by molar-refractivity contribution is -0.142. The molecule has 1 aliphatic heterocycles. The second-order valence-corrected chi connectivity index (χ2v) is 11.4. The number of amides is 2. The monoisotopic (exact) mass is 434 g/mol. The molecule has 4 nitrogen and oxygen atoms in total. The molecule has 0 bridgehead atoms. The molecule has 0 aromatic heterocycles. The minimum absolute atomic E-state index is 0.0675. The van der Waals surface area contributed by atoms with Crippen molar-refractivity contribution >= 4 is 11.8 Å². The van der Waals surface area contributed by atoms with Gasteiger partial charge in [-0.3, -0.25) is 9.59 Å². The van der Waals surface area contributed by atoms with Crippen LogP contribution in [0.1, 0.15) is 63.5 Å². The summed E-state index contributed by atoms with van der Waals surface area (Å²) in [7, 11) is 1.98. The molecule has 1 N–H and O–H groups in total. The Morgan fingerprint density at radius 1 is 1.09 bits per heavy atom. The molecule has 0 saturated heterocycles. The molecule has 2 amide bonds. The van der Waals surface area contributed by atoms with Gasteiger partial charge in [0.2, 0.25) is 11.8 Å². The zero-order valence-corrected chi connectivity index (χ0v) is 20.1. The Bertz CT molecular complexity index is 955. The Hall–Kier alpha value is -2.10. The van der Waals surface area contributed by atoms with E-state index in [0.29, 0.717) is 30.3 Å². The van der Waals surface area contributed by atoms with Gasteiger partial charge in [-0.15, -0.1) is 0 Å². The van der Waals surface area contributed by atoms with Gasteiger partial charge in [-0.2, -0.15) is 0 Å². The molecule has 7 atom stereocenters. The molecule has 172 valence electrons. The minimum Gasteiger partial charge on any atom is -0.352 e. The summed E-state index contributed by atoms with van der Waals surface area (Å²) in [6, 6.07) is 8.63. The molecule has 1 aromatic rings. The van der Waals surface area contributed by atoms with Crippen LogP contribution in [0.15, 0.2) is 36.4 Å². The fourth-order valence-corrected chi connectivity index (χ4v) is 8.28. The van der Waals surface area contributed by atoms with E-state index in [2.05, 4.69) is 44.3 Å². The minimum atomic E-state index is 0.0675. The van der Waals surface area contributed by atoms with Crippen LogP contribution >= 0.6 is 0 Å². The lowest BCUT2D eigenvalue weighted by Crippen LogP contribution is -2.59. The molecular formula is C28H38N2O2. The van der Waals surface area contributed by atoms with Crippen LogP contribution in [0.25, 0.3) is 0 Å². The smallest absolute Gasteiger partial charge is 0.246 e. The first-order valence-electron chi connectivity index (χ1n) is 12.5. The average Bonchev–Trinajstić information content (AvgIpc) is 3.13. The van der Waals surface area contributed by atoms with E-state index in [4.69, 9.17) is 0 Å². The number of nitrogens with one attached hydrogen (secondary N) is 1. The van der Waals surface area contributed by atoms with Gasteiger partial charge < -0.3 is 10.2 Å². The van der Waals surface area contributed by atoms with E-state index in [1.54, 1.807) is 0 Å². The van der Waals surface area contributed by atoms with Crippen LogP contribution in [0.4, 0.5) is 0 Å². The number of aryl methyl sites for hydroxylation is 1. The van der Waals surface area contributed by atoms with Gasteiger partial charge in [-0.25, -0.2) is 0 Å². The molecule has 1 aromatic carbocycles. The molecule has 0 radical (unpaired) electrons. The number of carbonyl (C=O) groups excluding carboxylic acids is 2. The highest BCUT2D eigenvalue weighted by Gasteiger charge is 2.61. The predicted octanol–water partition coefficient (Wildman–Crippen LogP) is 4.87. The van der Waals surface area contributed by atoms with Crippen molar-refractivity contribution in [1.82, 2.24) is 10.2 Å². The third kappa shape index (κ3) is 3.16. The third-order valence-corrected chi connectivity index (χ3v) is 10.2. The summed E-state index contributed by atoms with van der Waals surface area (Å²) in [6.07, 6.45) is 10.8.